The van der Waals surface area contributed by atoms with Gasteiger partial charge in [-0.15, -0.1) is 0 Å². The van der Waals surface area contributed by atoms with Crippen LogP contribution in [0.3, 0.4) is 0 Å². The molecule has 1 heterocycles. The molecule has 0 radical (unpaired) electrons. The van der Waals surface area contributed by atoms with Crippen molar-refractivity contribution in [2.45, 2.75) is 32.2 Å². The summed E-state index contributed by atoms with van der Waals surface area (Å²) in [5.74, 6) is 1.22. The van der Waals surface area contributed by atoms with Gasteiger partial charge in [-0.05, 0) is 31.7 Å². The minimum absolute atomic E-state index is 0.226. The molecule has 1 N–H and O–H groups in total. The second-order valence-corrected chi connectivity index (χ2v) is 4.88. The Bertz CT molecular complexity index is 225. The van der Waals surface area contributed by atoms with Crippen LogP contribution in [0.4, 0.5) is 0 Å². The Morgan fingerprint density at radius 1 is 1.36 bits per heavy atom. The van der Waals surface area contributed by atoms with E-state index in [9.17, 15) is 4.79 Å². The van der Waals surface area contributed by atoms with Crippen LogP contribution in [-0.4, -0.2) is 37.0 Å². The fourth-order valence-electron chi connectivity index (χ4n) is 2.27. The number of nitrogens with zero attached hydrogens (tertiary/aromatic N) is 1. The second-order valence-electron chi connectivity index (χ2n) is 4.88. The van der Waals surface area contributed by atoms with E-state index in [1.165, 1.54) is 12.8 Å². The molecule has 0 spiro atoms. The van der Waals surface area contributed by atoms with Crippen molar-refractivity contribution in [2.75, 3.05) is 20.1 Å². The number of carbonyl (C=O) groups is 1. The summed E-state index contributed by atoms with van der Waals surface area (Å²) in [4.78, 5) is 14.0. The first-order chi connectivity index (χ1) is 6.68. The maximum Gasteiger partial charge on any atom is 0.226 e. The molecule has 1 saturated heterocycles. The van der Waals surface area contributed by atoms with E-state index >= 15 is 0 Å². The Kier molecular flexibility index (Phi) is 2.77. The smallest absolute Gasteiger partial charge is 0.226 e. The van der Waals surface area contributed by atoms with Crippen molar-refractivity contribution in [3.05, 3.63) is 0 Å². The summed E-state index contributed by atoms with van der Waals surface area (Å²) in [5, 5.41) is 3.33. The largest absolute Gasteiger partial charge is 0.342 e. The maximum absolute atomic E-state index is 12.0. The van der Waals surface area contributed by atoms with Crippen molar-refractivity contribution in [2.24, 2.45) is 11.8 Å². The van der Waals surface area contributed by atoms with Gasteiger partial charge in [0.1, 0.15) is 0 Å². The molecule has 1 amide bonds. The number of hydrogen-bond donors (Lipinski definition) is 1. The summed E-state index contributed by atoms with van der Waals surface area (Å²) in [6.45, 7) is 4.15. The molecule has 0 aromatic rings. The van der Waals surface area contributed by atoms with Gasteiger partial charge >= 0.3 is 0 Å². The number of hydrogen-bond acceptors (Lipinski definition) is 2. The van der Waals surface area contributed by atoms with Gasteiger partial charge in [0.15, 0.2) is 0 Å². The fourth-order valence-corrected chi connectivity index (χ4v) is 2.27. The van der Waals surface area contributed by atoms with E-state index in [1.54, 1.807) is 0 Å². The van der Waals surface area contributed by atoms with Gasteiger partial charge in [0, 0.05) is 19.6 Å². The first-order valence-corrected chi connectivity index (χ1v) is 5.66. The third-order valence-electron chi connectivity index (χ3n) is 3.36. The Labute approximate surface area is 85.8 Å². The third kappa shape index (κ3) is 2.08. The van der Waals surface area contributed by atoms with Crippen molar-refractivity contribution in [1.29, 1.82) is 0 Å². The van der Waals surface area contributed by atoms with Crippen molar-refractivity contribution in [3.8, 4) is 0 Å². The summed E-state index contributed by atoms with van der Waals surface area (Å²) in [6, 6.07) is 0.555. The van der Waals surface area contributed by atoms with Gasteiger partial charge in [-0.2, -0.15) is 0 Å². The summed E-state index contributed by atoms with van der Waals surface area (Å²) < 4.78 is 0. The molecule has 0 aromatic heterocycles. The zero-order valence-electron chi connectivity index (χ0n) is 9.12. The lowest BCUT2D eigenvalue weighted by atomic mass is 9.91. The topological polar surface area (TPSA) is 32.3 Å². The van der Waals surface area contributed by atoms with Gasteiger partial charge in [-0.25, -0.2) is 0 Å². The molecule has 3 heteroatoms. The first-order valence-electron chi connectivity index (χ1n) is 5.66. The Hall–Kier alpha value is -0.570. The molecular weight excluding hydrogens is 176 g/mol. The molecule has 14 heavy (non-hydrogen) atoms. The lowest BCUT2D eigenvalue weighted by Crippen LogP contribution is -2.44. The van der Waals surface area contributed by atoms with Gasteiger partial charge in [0.25, 0.3) is 0 Å². The molecule has 0 aromatic carbocycles. The van der Waals surface area contributed by atoms with Crippen molar-refractivity contribution < 1.29 is 4.79 Å². The molecular formula is C11H20N2O. The highest BCUT2D eigenvalue weighted by Crippen LogP contribution is 2.28. The quantitative estimate of drug-likeness (QED) is 0.710. The highest BCUT2D eigenvalue weighted by Gasteiger charge is 2.34. The molecule has 2 atom stereocenters. The zero-order valence-corrected chi connectivity index (χ0v) is 9.12. The fraction of sp³-hybridized carbons (Fsp3) is 0.909. The molecule has 2 aliphatic rings. The van der Waals surface area contributed by atoms with E-state index in [4.69, 9.17) is 0 Å². The molecule has 3 nitrogen and oxygen atoms in total. The lowest BCUT2D eigenvalue weighted by molar-refractivity contribution is -0.135. The molecule has 0 bridgehead atoms. The third-order valence-corrected chi connectivity index (χ3v) is 3.36. The average Bonchev–Trinajstić information content (AvgIpc) is 2.99. The van der Waals surface area contributed by atoms with Gasteiger partial charge < -0.3 is 10.2 Å². The molecule has 2 unspecified atom stereocenters. The van der Waals surface area contributed by atoms with Gasteiger partial charge in [0.05, 0.1) is 5.92 Å². The normalized spacial score (nSPS) is 32.7. The van der Waals surface area contributed by atoms with Gasteiger partial charge in [0.2, 0.25) is 5.91 Å². The van der Waals surface area contributed by atoms with Crippen LogP contribution in [0.2, 0.25) is 0 Å². The number of piperidine rings is 1. The minimum Gasteiger partial charge on any atom is -0.342 e. The van der Waals surface area contributed by atoms with Gasteiger partial charge in [-0.3, -0.25) is 4.79 Å². The van der Waals surface area contributed by atoms with Crippen molar-refractivity contribution >= 4 is 5.91 Å². The Morgan fingerprint density at radius 3 is 2.64 bits per heavy atom. The van der Waals surface area contributed by atoms with E-state index < -0.39 is 0 Å². The van der Waals surface area contributed by atoms with E-state index in [0.717, 1.165) is 19.5 Å². The van der Waals surface area contributed by atoms with Crippen molar-refractivity contribution in [1.82, 2.24) is 10.2 Å². The SMILES string of the molecule is CC1CNCC(C(=O)N(C)C2CC2)C1. The first kappa shape index (κ1) is 9.97. The molecule has 1 aliphatic heterocycles. The van der Waals surface area contributed by atoms with E-state index in [2.05, 4.69) is 12.2 Å². The molecule has 1 saturated carbocycles. The lowest BCUT2D eigenvalue weighted by Gasteiger charge is -2.30. The predicted molar refractivity (Wildman–Crippen MR) is 55.9 cm³/mol. The zero-order chi connectivity index (χ0) is 10.1. The Balaban J connectivity index is 1.89. The van der Waals surface area contributed by atoms with Crippen LogP contribution in [0.5, 0.6) is 0 Å². The molecule has 2 rings (SSSR count). The van der Waals surface area contributed by atoms with Crippen LogP contribution in [0, 0.1) is 11.8 Å². The summed E-state index contributed by atoms with van der Waals surface area (Å²) in [6.07, 6.45) is 3.47. The van der Waals surface area contributed by atoms with Crippen LogP contribution in [0.1, 0.15) is 26.2 Å². The van der Waals surface area contributed by atoms with Crippen molar-refractivity contribution in [3.63, 3.8) is 0 Å². The summed E-state index contributed by atoms with van der Waals surface area (Å²) >= 11 is 0. The monoisotopic (exact) mass is 196 g/mol. The standard InChI is InChI=1S/C11H20N2O/c1-8-5-9(7-12-6-8)11(14)13(2)10-3-4-10/h8-10,12H,3-7H2,1-2H3. The van der Waals surface area contributed by atoms with Crippen LogP contribution in [0.15, 0.2) is 0 Å². The summed E-state index contributed by atoms with van der Waals surface area (Å²) in [5.41, 5.74) is 0. The highest BCUT2D eigenvalue weighted by atomic mass is 16.2. The summed E-state index contributed by atoms with van der Waals surface area (Å²) in [7, 11) is 1.96. The molecule has 80 valence electrons. The Morgan fingerprint density at radius 2 is 2.07 bits per heavy atom. The van der Waals surface area contributed by atoms with E-state index in [1.807, 2.05) is 11.9 Å². The molecule has 1 aliphatic carbocycles. The van der Waals surface area contributed by atoms with E-state index in [-0.39, 0.29) is 5.92 Å². The highest BCUT2D eigenvalue weighted by molar-refractivity contribution is 5.79. The minimum atomic E-state index is 0.226. The van der Waals surface area contributed by atoms with Gasteiger partial charge in [-0.1, -0.05) is 6.92 Å². The van der Waals surface area contributed by atoms with E-state index in [0.29, 0.717) is 17.9 Å². The average molecular weight is 196 g/mol. The number of carbonyl (C=O) groups excluding carboxylic acids is 1. The maximum atomic E-state index is 12.0. The predicted octanol–water partition coefficient (Wildman–Crippen LogP) is 0.853. The number of nitrogens with one attached hydrogen (secondary N) is 1. The molecule has 2 fully saturated rings. The van der Waals surface area contributed by atoms with Crippen LogP contribution in [-0.2, 0) is 4.79 Å². The van der Waals surface area contributed by atoms with Crippen LogP contribution >= 0.6 is 0 Å². The second kappa shape index (κ2) is 3.89. The number of amides is 1. The number of rotatable bonds is 2. The van der Waals surface area contributed by atoms with Crippen LogP contribution < -0.4 is 5.32 Å². The van der Waals surface area contributed by atoms with Crippen LogP contribution in [0.25, 0.3) is 0 Å².